The molecule has 84 valence electrons. The lowest BCUT2D eigenvalue weighted by atomic mass is 10.1. The van der Waals surface area contributed by atoms with Crippen molar-refractivity contribution in [1.29, 1.82) is 0 Å². The Kier molecular flexibility index (Phi) is 9.63. The van der Waals surface area contributed by atoms with Crippen molar-refractivity contribution in [2.45, 2.75) is 57.2 Å². The molecule has 0 aliphatic carbocycles. The van der Waals surface area contributed by atoms with Crippen LogP contribution in [0.25, 0.3) is 0 Å². The topological polar surface area (TPSA) is 26.3 Å². The van der Waals surface area contributed by atoms with E-state index in [9.17, 15) is 4.79 Å². The lowest BCUT2D eigenvalue weighted by molar-refractivity contribution is -0.133. The lowest BCUT2D eigenvalue weighted by Crippen LogP contribution is -2.13. The van der Waals surface area contributed by atoms with Gasteiger partial charge < -0.3 is 4.29 Å². The molecule has 0 radical (unpaired) electrons. The molecular weight excluding hydrogens is 223 g/mol. The van der Waals surface area contributed by atoms with Crippen molar-refractivity contribution in [2.24, 2.45) is 0 Å². The maximum atomic E-state index is 10.8. The fourth-order valence-electron chi connectivity index (χ4n) is 1.27. The van der Waals surface area contributed by atoms with Crippen LogP contribution in [-0.4, -0.2) is 11.3 Å². The molecule has 2 nitrogen and oxygen atoms in total. The molecule has 14 heavy (non-hydrogen) atoms. The van der Waals surface area contributed by atoms with Gasteiger partial charge in [0, 0.05) is 0 Å². The molecule has 0 heterocycles. The molecule has 0 N–H and O–H groups in total. The molecule has 0 spiro atoms. The predicted molar refractivity (Wildman–Crippen MR) is 59.6 cm³/mol. The second-order valence-corrected chi connectivity index (χ2v) is 4.10. The van der Waals surface area contributed by atoms with Gasteiger partial charge in [-0.15, -0.1) is 11.6 Å². The summed E-state index contributed by atoms with van der Waals surface area (Å²) in [6, 6.07) is 0. The molecule has 0 aliphatic rings. The van der Waals surface area contributed by atoms with E-state index < -0.39 is 11.3 Å². The second-order valence-electron chi connectivity index (χ2n) is 3.42. The molecule has 0 aromatic rings. The molecule has 1 unspecified atom stereocenters. The maximum Gasteiger partial charge on any atom is 0.342 e. The third-order valence-corrected chi connectivity index (χ3v) is 2.69. The van der Waals surface area contributed by atoms with Crippen LogP contribution in [0.4, 0.5) is 0 Å². The highest BCUT2D eigenvalue weighted by Crippen LogP contribution is 2.13. The molecule has 0 bridgehead atoms. The van der Waals surface area contributed by atoms with Crippen LogP contribution in [0.5, 0.6) is 0 Å². The van der Waals surface area contributed by atoms with E-state index in [0.717, 1.165) is 12.8 Å². The van der Waals surface area contributed by atoms with Crippen LogP contribution in [0.2, 0.25) is 0 Å². The van der Waals surface area contributed by atoms with Crippen molar-refractivity contribution in [3.8, 4) is 0 Å². The first-order valence-electron chi connectivity index (χ1n) is 5.18. The standard InChI is InChI=1S/C10H18Cl2O2/c1-2-3-4-5-6-7-8-9(11)10(13)14-12/h9H,2-8H2,1H3. The fraction of sp³-hybridized carbons (Fsp3) is 0.900. The molecular formula is C10H18Cl2O2. The van der Waals surface area contributed by atoms with E-state index in [-0.39, 0.29) is 0 Å². The van der Waals surface area contributed by atoms with Gasteiger partial charge in [-0.25, -0.2) is 4.79 Å². The molecule has 0 saturated heterocycles. The monoisotopic (exact) mass is 240 g/mol. The van der Waals surface area contributed by atoms with E-state index in [0.29, 0.717) is 6.42 Å². The number of rotatable bonds is 8. The summed E-state index contributed by atoms with van der Waals surface area (Å²) in [6.45, 7) is 2.19. The van der Waals surface area contributed by atoms with Gasteiger partial charge in [-0.05, 0) is 6.42 Å². The summed E-state index contributed by atoms with van der Waals surface area (Å²) >= 11 is 10.6. The highest BCUT2D eigenvalue weighted by Gasteiger charge is 2.15. The van der Waals surface area contributed by atoms with Crippen LogP contribution in [0.1, 0.15) is 51.9 Å². The number of hydrogen-bond acceptors (Lipinski definition) is 2. The van der Waals surface area contributed by atoms with Crippen molar-refractivity contribution >= 4 is 29.4 Å². The molecule has 4 heteroatoms. The molecule has 0 aromatic heterocycles. The zero-order valence-electron chi connectivity index (χ0n) is 8.60. The Labute approximate surface area is 96.1 Å². The highest BCUT2D eigenvalue weighted by atomic mass is 35.5. The van der Waals surface area contributed by atoms with Crippen LogP contribution >= 0.6 is 23.5 Å². The minimum Gasteiger partial charge on any atom is -0.346 e. The number of hydrogen-bond donors (Lipinski definition) is 0. The van der Waals surface area contributed by atoms with Gasteiger partial charge in [0.1, 0.15) is 17.2 Å². The predicted octanol–water partition coefficient (Wildman–Crippen LogP) is 4.04. The summed E-state index contributed by atoms with van der Waals surface area (Å²) in [5.41, 5.74) is 0. The summed E-state index contributed by atoms with van der Waals surface area (Å²) in [4.78, 5) is 10.8. The number of carbonyl (C=O) groups excluding carboxylic acids is 1. The fourth-order valence-corrected chi connectivity index (χ4v) is 1.62. The third kappa shape index (κ3) is 7.45. The zero-order chi connectivity index (χ0) is 10.8. The van der Waals surface area contributed by atoms with Gasteiger partial charge in [0.2, 0.25) is 0 Å². The van der Waals surface area contributed by atoms with Crippen molar-refractivity contribution in [1.82, 2.24) is 0 Å². The average Bonchev–Trinajstić information content (AvgIpc) is 2.21. The first kappa shape index (κ1) is 14.1. The Balaban J connectivity index is 3.23. The Hall–Kier alpha value is 0.0500. The van der Waals surface area contributed by atoms with E-state index in [1.54, 1.807) is 0 Å². The quantitative estimate of drug-likeness (QED) is 0.473. The third-order valence-electron chi connectivity index (χ3n) is 2.14. The SMILES string of the molecule is CCCCCCCCC(Cl)C(=O)OCl. The zero-order valence-corrected chi connectivity index (χ0v) is 10.1. The number of unbranched alkanes of at least 4 members (excludes halogenated alkanes) is 5. The highest BCUT2D eigenvalue weighted by molar-refractivity contribution is 6.31. The van der Waals surface area contributed by atoms with E-state index in [2.05, 4.69) is 11.2 Å². The van der Waals surface area contributed by atoms with Crippen LogP contribution in [0.15, 0.2) is 0 Å². The van der Waals surface area contributed by atoms with Crippen molar-refractivity contribution in [3.63, 3.8) is 0 Å². The Morgan fingerprint density at radius 1 is 1.21 bits per heavy atom. The normalized spacial score (nSPS) is 12.5. The average molecular weight is 241 g/mol. The van der Waals surface area contributed by atoms with Crippen molar-refractivity contribution in [2.75, 3.05) is 0 Å². The molecule has 1 atom stereocenters. The molecule has 0 amide bonds. The Morgan fingerprint density at radius 3 is 2.36 bits per heavy atom. The maximum absolute atomic E-state index is 10.8. The van der Waals surface area contributed by atoms with E-state index in [1.807, 2.05) is 0 Å². The lowest BCUT2D eigenvalue weighted by Gasteiger charge is -2.04. The summed E-state index contributed by atoms with van der Waals surface area (Å²) < 4.78 is 4.01. The minimum absolute atomic E-state index is 0.540. The number of alkyl halides is 1. The van der Waals surface area contributed by atoms with E-state index >= 15 is 0 Å². The largest absolute Gasteiger partial charge is 0.346 e. The first-order chi connectivity index (χ1) is 6.72. The molecule has 0 aromatic carbocycles. The minimum atomic E-state index is -0.585. The van der Waals surface area contributed by atoms with Gasteiger partial charge in [-0.2, -0.15) is 0 Å². The molecule has 0 fully saturated rings. The van der Waals surface area contributed by atoms with Gasteiger partial charge in [0.25, 0.3) is 0 Å². The van der Waals surface area contributed by atoms with Gasteiger partial charge in [0.05, 0.1) is 0 Å². The summed E-state index contributed by atoms with van der Waals surface area (Å²) in [7, 11) is 0. The molecule has 0 aliphatic heterocycles. The first-order valence-corrected chi connectivity index (χ1v) is 5.93. The summed E-state index contributed by atoms with van der Waals surface area (Å²) in [5, 5.41) is -0.585. The van der Waals surface area contributed by atoms with E-state index in [1.165, 1.54) is 25.7 Å². The number of carbonyl (C=O) groups is 1. The van der Waals surface area contributed by atoms with Crippen LogP contribution in [-0.2, 0) is 9.08 Å². The second kappa shape index (κ2) is 9.60. The van der Waals surface area contributed by atoms with Crippen LogP contribution in [0.3, 0.4) is 0 Å². The van der Waals surface area contributed by atoms with Crippen LogP contribution < -0.4 is 0 Å². The van der Waals surface area contributed by atoms with Gasteiger partial charge >= 0.3 is 5.97 Å². The van der Waals surface area contributed by atoms with Crippen LogP contribution in [0, 0.1) is 0 Å². The Bertz CT molecular complexity index is 151. The summed E-state index contributed by atoms with van der Waals surface area (Å²) in [5.74, 6) is -0.540. The summed E-state index contributed by atoms with van der Waals surface area (Å²) in [6.07, 6.45) is 7.75. The smallest absolute Gasteiger partial charge is 0.342 e. The van der Waals surface area contributed by atoms with Gasteiger partial charge in [-0.3, -0.25) is 0 Å². The van der Waals surface area contributed by atoms with Gasteiger partial charge in [0.15, 0.2) is 0 Å². The Morgan fingerprint density at radius 2 is 1.79 bits per heavy atom. The number of halogens is 2. The van der Waals surface area contributed by atoms with Gasteiger partial charge in [-0.1, -0.05) is 45.4 Å². The molecule has 0 rings (SSSR count). The van der Waals surface area contributed by atoms with E-state index in [4.69, 9.17) is 23.5 Å². The van der Waals surface area contributed by atoms with Crippen molar-refractivity contribution < 1.29 is 9.08 Å². The molecule has 0 saturated carbocycles. The van der Waals surface area contributed by atoms with Crippen molar-refractivity contribution in [3.05, 3.63) is 0 Å².